The summed E-state index contributed by atoms with van der Waals surface area (Å²) in [6, 6.07) is 7.95. The predicted octanol–water partition coefficient (Wildman–Crippen LogP) is 2.31. The van der Waals surface area contributed by atoms with E-state index < -0.39 is 0 Å². The summed E-state index contributed by atoms with van der Waals surface area (Å²) in [7, 11) is 0. The van der Waals surface area contributed by atoms with Crippen LogP contribution in [0.25, 0.3) is 0 Å². The monoisotopic (exact) mass is 260 g/mol. The van der Waals surface area contributed by atoms with E-state index in [2.05, 4.69) is 21.2 Å². The van der Waals surface area contributed by atoms with Crippen LogP contribution in [0, 0.1) is 0 Å². The molecule has 0 spiro atoms. The quantitative estimate of drug-likeness (QED) is 0.860. The van der Waals surface area contributed by atoms with Crippen LogP contribution in [0.15, 0.2) is 24.3 Å². The van der Waals surface area contributed by atoms with Crippen LogP contribution < -0.4 is 10.6 Å². The molecule has 0 amide bonds. The summed E-state index contributed by atoms with van der Waals surface area (Å²) in [5, 5.41) is 10.7. The number of aromatic nitrogens is 2. The van der Waals surface area contributed by atoms with Crippen molar-refractivity contribution in [2.75, 3.05) is 23.7 Å². The molecular formula is C13H16N4S. The van der Waals surface area contributed by atoms with Gasteiger partial charge >= 0.3 is 0 Å². The first-order valence-corrected chi connectivity index (χ1v) is 7.05. The molecule has 2 N–H and O–H groups in total. The molecule has 0 aliphatic carbocycles. The van der Waals surface area contributed by atoms with E-state index in [1.54, 1.807) is 11.3 Å². The van der Waals surface area contributed by atoms with Crippen molar-refractivity contribution >= 4 is 22.2 Å². The fourth-order valence-electron chi connectivity index (χ4n) is 2.23. The van der Waals surface area contributed by atoms with Crippen molar-refractivity contribution in [1.82, 2.24) is 10.2 Å². The van der Waals surface area contributed by atoms with Crippen LogP contribution in [-0.4, -0.2) is 23.3 Å². The molecular weight excluding hydrogens is 244 g/mol. The second-order valence-corrected chi connectivity index (χ2v) is 5.63. The highest BCUT2D eigenvalue weighted by Crippen LogP contribution is 2.25. The highest BCUT2D eigenvalue weighted by atomic mass is 32.1. The SMILES string of the molecule is Nc1cccc(Cc2nnc(N3CCCC3)s2)c1. The van der Waals surface area contributed by atoms with E-state index in [1.165, 1.54) is 18.4 Å². The molecule has 94 valence electrons. The number of anilines is 2. The van der Waals surface area contributed by atoms with Gasteiger partial charge < -0.3 is 10.6 Å². The van der Waals surface area contributed by atoms with Gasteiger partial charge in [0.1, 0.15) is 5.01 Å². The van der Waals surface area contributed by atoms with E-state index in [4.69, 9.17) is 5.73 Å². The number of hydrogen-bond acceptors (Lipinski definition) is 5. The molecule has 0 unspecified atom stereocenters. The van der Waals surface area contributed by atoms with Crippen LogP contribution in [-0.2, 0) is 6.42 Å². The summed E-state index contributed by atoms with van der Waals surface area (Å²) in [6.07, 6.45) is 3.35. The normalized spacial score (nSPS) is 15.2. The second kappa shape index (κ2) is 4.94. The second-order valence-electron chi connectivity index (χ2n) is 4.59. The van der Waals surface area contributed by atoms with E-state index >= 15 is 0 Å². The lowest BCUT2D eigenvalue weighted by Gasteiger charge is -2.10. The van der Waals surface area contributed by atoms with Crippen LogP contribution >= 0.6 is 11.3 Å². The molecule has 1 aliphatic rings. The standard InChI is InChI=1S/C13H16N4S/c14-11-5-3-4-10(8-11)9-12-15-16-13(18-12)17-6-1-2-7-17/h3-5,8H,1-2,6-7,9,14H2. The topological polar surface area (TPSA) is 55.0 Å². The molecule has 1 aromatic heterocycles. The van der Waals surface area contributed by atoms with Gasteiger partial charge in [-0.05, 0) is 30.5 Å². The molecule has 1 fully saturated rings. The summed E-state index contributed by atoms with van der Waals surface area (Å²) >= 11 is 1.69. The molecule has 0 saturated carbocycles. The third kappa shape index (κ3) is 2.46. The molecule has 0 bridgehead atoms. The average molecular weight is 260 g/mol. The lowest BCUT2D eigenvalue weighted by atomic mass is 10.1. The summed E-state index contributed by atoms with van der Waals surface area (Å²) in [4.78, 5) is 2.32. The zero-order valence-corrected chi connectivity index (χ0v) is 11.0. The third-order valence-corrected chi connectivity index (χ3v) is 4.12. The maximum atomic E-state index is 5.78. The van der Waals surface area contributed by atoms with Gasteiger partial charge in [-0.1, -0.05) is 23.5 Å². The van der Waals surface area contributed by atoms with E-state index in [-0.39, 0.29) is 0 Å². The molecule has 1 aromatic carbocycles. The van der Waals surface area contributed by atoms with Gasteiger partial charge in [0.25, 0.3) is 0 Å². The zero-order chi connectivity index (χ0) is 12.4. The summed E-state index contributed by atoms with van der Waals surface area (Å²) < 4.78 is 0. The Labute approximate surface area is 110 Å². The number of rotatable bonds is 3. The summed E-state index contributed by atoms with van der Waals surface area (Å²) in [5.41, 5.74) is 7.77. The van der Waals surface area contributed by atoms with Gasteiger partial charge in [-0.3, -0.25) is 0 Å². The lowest BCUT2D eigenvalue weighted by molar-refractivity contribution is 0.915. The Kier molecular flexibility index (Phi) is 3.15. The fourth-order valence-corrected chi connectivity index (χ4v) is 3.15. The first kappa shape index (κ1) is 11.5. The number of hydrogen-bond donors (Lipinski definition) is 1. The lowest BCUT2D eigenvalue weighted by Crippen LogP contribution is -2.17. The van der Waals surface area contributed by atoms with E-state index in [0.29, 0.717) is 0 Å². The fraction of sp³-hybridized carbons (Fsp3) is 0.385. The molecule has 4 nitrogen and oxygen atoms in total. The number of nitrogens with zero attached hydrogens (tertiary/aromatic N) is 3. The van der Waals surface area contributed by atoms with Crippen molar-refractivity contribution < 1.29 is 0 Å². The van der Waals surface area contributed by atoms with Crippen molar-refractivity contribution in [3.05, 3.63) is 34.8 Å². The molecule has 1 saturated heterocycles. The van der Waals surface area contributed by atoms with E-state index in [9.17, 15) is 0 Å². The number of benzene rings is 1. The van der Waals surface area contributed by atoms with Gasteiger partial charge in [-0.25, -0.2) is 0 Å². The van der Waals surface area contributed by atoms with E-state index in [0.717, 1.165) is 35.3 Å². The highest BCUT2D eigenvalue weighted by molar-refractivity contribution is 7.15. The first-order chi connectivity index (χ1) is 8.81. The summed E-state index contributed by atoms with van der Waals surface area (Å²) in [5.74, 6) is 0. The van der Waals surface area contributed by atoms with Gasteiger partial charge in [-0.15, -0.1) is 10.2 Å². The highest BCUT2D eigenvalue weighted by Gasteiger charge is 2.16. The molecule has 0 atom stereocenters. The Morgan fingerprint density at radius 1 is 1.22 bits per heavy atom. The van der Waals surface area contributed by atoms with E-state index in [1.807, 2.05) is 18.2 Å². The largest absolute Gasteiger partial charge is 0.399 e. The molecule has 2 aromatic rings. The van der Waals surface area contributed by atoms with Crippen molar-refractivity contribution in [2.45, 2.75) is 19.3 Å². The average Bonchev–Trinajstić information content (AvgIpc) is 2.98. The number of nitrogen functional groups attached to an aromatic ring is 1. The minimum absolute atomic E-state index is 0.803. The molecule has 3 rings (SSSR count). The van der Waals surface area contributed by atoms with Gasteiger partial charge in [0.15, 0.2) is 0 Å². The molecule has 18 heavy (non-hydrogen) atoms. The minimum Gasteiger partial charge on any atom is -0.399 e. The Bertz CT molecular complexity index is 531. The zero-order valence-electron chi connectivity index (χ0n) is 10.2. The van der Waals surface area contributed by atoms with Crippen molar-refractivity contribution in [1.29, 1.82) is 0 Å². The number of nitrogens with two attached hydrogens (primary N) is 1. The molecule has 1 aliphatic heterocycles. The third-order valence-electron chi connectivity index (χ3n) is 3.14. The Hall–Kier alpha value is -1.62. The van der Waals surface area contributed by atoms with Crippen LogP contribution in [0.4, 0.5) is 10.8 Å². The van der Waals surface area contributed by atoms with Crippen molar-refractivity contribution in [3.63, 3.8) is 0 Å². The van der Waals surface area contributed by atoms with Gasteiger partial charge in [0, 0.05) is 25.2 Å². The predicted molar refractivity (Wildman–Crippen MR) is 75.0 cm³/mol. The van der Waals surface area contributed by atoms with Gasteiger partial charge in [-0.2, -0.15) is 0 Å². The maximum Gasteiger partial charge on any atom is 0.208 e. The summed E-state index contributed by atoms with van der Waals surface area (Å²) in [6.45, 7) is 2.24. The van der Waals surface area contributed by atoms with Crippen LogP contribution in [0.5, 0.6) is 0 Å². The van der Waals surface area contributed by atoms with Crippen molar-refractivity contribution in [3.8, 4) is 0 Å². The molecule has 0 radical (unpaired) electrons. The Balaban J connectivity index is 1.73. The van der Waals surface area contributed by atoms with Gasteiger partial charge in [0.2, 0.25) is 5.13 Å². The van der Waals surface area contributed by atoms with Crippen LogP contribution in [0.1, 0.15) is 23.4 Å². The molecule has 5 heteroatoms. The van der Waals surface area contributed by atoms with Crippen molar-refractivity contribution in [2.24, 2.45) is 0 Å². The molecule has 2 heterocycles. The first-order valence-electron chi connectivity index (χ1n) is 6.23. The van der Waals surface area contributed by atoms with Crippen LogP contribution in [0.3, 0.4) is 0 Å². The minimum atomic E-state index is 0.803. The Morgan fingerprint density at radius 2 is 2.06 bits per heavy atom. The maximum absolute atomic E-state index is 5.78. The Morgan fingerprint density at radius 3 is 2.83 bits per heavy atom. The van der Waals surface area contributed by atoms with Crippen LogP contribution in [0.2, 0.25) is 0 Å². The smallest absolute Gasteiger partial charge is 0.208 e. The van der Waals surface area contributed by atoms with Gasteiger partial charge in [0.05, 0.1) is 0 Å².